The minimum atomic E-state index is -0.147. The number of thioether (sulfide) groups is 1. The molecule has 23 heavy (non-hydrogen) atoms. The molecule has 0 saturated heterocycles. The van der Waals surface area contributed by atoms with Gasteiger partial charge in [-0.2, -0.15) is 0 Å². The first-order chi connectivity index (χ1) is 10.9. The number of nitrogens with one attached hydrogen (secondary N) is 1. The fourth-order valence-corrected chi connectivity index (χ4v) is 4.27. The summed E-state index contributed by atoms with van der Waals surface area (Å²) in [7, 11) is 0. The minimum absolute atomic E-state index is 0.0878. The second kappa shape index (κ2) is 6.49. The third-order valence-corrected chi connectivity index (χ3v) is 5.29. The molecule has 2 aromatic rings. The topological polar surface area (TPSA) is 64.0 Å². The molecule has 1 N–H and O–H groups in total. The summed E-state index contributed by atoms with van der Waals surface area (Å²) in [4.78, 5) is 28.8. The van der Waals surface area contributed by atoms with Crippen LogP contribution in [-0.2, 0) is 4.79 Å². The van der Waals surface area contributed by atoms with Crippen LogP contribution in [0.1, 0.15) is 23.7 Å². The third kappa shape index (κ3) is 3.50. The molecular weight excluding hydrogens is 378 g/mol. The third-order valence-electron chi connectivity index (χ3n) is 3.70. The van der Waals surface area contributed by atoms with E-state index < -0.39 is 0 Å². The van der Waals surface area contributed by atoms with Crippen LogP contribution in [0.5, 0.6) is 0 Å². The highest BCUT2D eigenvalue weighted by molar-refractivity contribution is 9.10. The zero-order chi connectivity index (χ0) is 16.6. The van der Waals surface area contributed by atoms with Gasteiger partial charge in [0.1, 0.15) is 0 Å². The molecule has 1 aromatic heterocycles. The second-order valence-electron chi connectivity index (χ2n) is 5.56. The van der Waals surface area contributed by atoms with Gasteiger partial charge in [0.15, 0.2) is 5.16 Å². The number of amides is 1. The molecular formula is C16H16BrN3O2S. The van der Waals surface area contributed by atoms with Crippen LogP contribution in [0.3, 0.4) is 0 Å². The number of nitrogens with zero attached hydrogens (tertiary/aromatic N) is 2. The van der Waals surface area contributed by atoms with Crippen LogP contribution < -0.4 is 10.9 Å². The Morgan fingerprint density at radius 1 is 1.43 bits per heavy atom. The summed E-state index contributed by atoms with van der Waals surface area (Å²) in [6, 6.07) is 7.07. The molecule has 1 aliphatic rings. The lowest BCUT2D eigenvalue weighted by molar-refractivity contribution is -0.116. The van der Waals surface area contributed by atoms with Crippen molar-refractivity contribution in [1.29, 1.82) is 0 Å². The second-order valence-corrected chi connectivity index (χ2v) is 7.47. The SMILES string of the molecule is Cc1cc(=O)n2c(n1)SCC2CC(=O)Nc1ccc(Br)cc1C. The van der Waals surface area contributed by atoms with E-state index in [1.807, 2.05) is 25.1 Å². The molecule has 7 heteroatoms. The van der Waals surface area contributed by atoms with Crippen LogP contribution in [0, 0.1) is 13.8 Å². The number of carbonyl (C=O) groups excluding carboxylic acids is 1. The van der Waals surface area contributed by atoms with E-state index in [0.29, 0.717) is 16.6 Å². The smallest absolute Gasteiger partial charge is 0.254 e. The predicted molar refractivity (Wildman–Crippen MR) is 95.1 cm³/mol. The summed E-state index contributed by atoms with van der Waals surface area (Å²) in [6.07, 6.45) is 0.264. The molecule has 0 aliphatic carbocycles. The number of halogens is 1. The Morgan fingerprint density at radius 3 is 2.96 bits per heavy atom. The van der Waals surface area contributed by atoms with Gasteiger partial charge in [0, 0.05) is 34.1 Å². The standard InChI is InChI=1S/C16H16BrN3O2S/c1-9-5-11(17)3-4-13(9)19-14(21)7-12-8-23-16-18-10(2)6-15(22)20(12)16/h3-6,12H,7-8H2,1-2H3,(H,19,21). The van der Waals surface area contributed by atoms with Crippen molar-refractivity contribution in [3.63, 3.8) is 0 Å². The van der Waals surface area contributed by atoms with Crippen molar-refractivity contribution in [3.8, 4) is 0 Å². The van der Waals surface area contributed by atoms with E-state index in [9.17, 15) is 9.59 Å². The Morgan fingerprint density at radius 2 is 2.22 bits per heavy atom. The van der Waals surface area contributed by atoms with E-state index in [2.05, 4.69) is 26.2 Å². The van der Waals surface area contributed by atoms with Gasteiger partial charge in [0.05, 0.1) is 6.04 Å². The molecule has 2 heterocycles. The highest BCUT2D eigenvalue weighted by Gasteiger charge is 2.27. The number of fused-ring (bicyclic) bond motifs is 1. The summed E-state index contributed by atoms with van der Waals surface area (Å²) >= 11 is 4.93. The first kappa shape index (κ1) is 16.3. The van der Waals surface area contributed by atoms with Crippen molar-refractivity contribution in [1.82, 2.24) is 9.55 Å². The lowest BCUT2D eigenvalue weighted by Gasteiger charge is -2.14. The number of anilines is 1. The largest absolute Gasteiger partial charge is 0.326 e. The number of aryl methyl sites for hydroxylation is 2. The molecule has 0 saturated carbocycles. The van der Waals surface area contributed by atoms with Crippen LogP contribution >= 0.6 is 27.7 Å². The Kier molecular flexibility index (Phi) is 4.59. The Balaban J connectivity index is 1.74. The highest BCUT2D eigenvalue weighted by atomic mass is 79.9. The van der Waals surface area contributed by atoms with Crippen molar-refractivity contribution in [2.24, 2.45) is 0 Å². The molecule has 0 spiro atoms. The van der Waals surface area contributed by atoms with Crippen LogP contribution in [0.25, 0.3) is 0 Å². The molecule has 1 aromatic carbocycles. The molecule has 5 nitrogen and oxygen atoms in total. The van der Waals surface area contributed by atoms with Crippen LogP contribution in [0.2, 0.25) is 0 Å². The van der Waals surface area contributed by atoms with Crippen LogP contribution in [-0.4, -0.2) is 21.2 Å². The van der Waals surface area contributed by atoms with E-state index in [0.717, 1.165) is 15.7 Å². The first-order valence-electron chi connectivity index (χ1n) is 7.23. The fourth-order valence-electron chi connectivity index (χ4n) is 2.60. The van der Waals surface area contributed by atoms with Gasteiger partial charge in [-0.3, -0.25) is 14.2 Å². The van der Waals surface area contributed by atoms with Crippen LogP contribution in [0.15, 0.2) is 38.7 Å². The van der Waals surface area contributed by atoms with Crippen molar-refractivity contribution >= 4 is 39.3 Å². The van der Waals surface area contributed by atoms with E-state index in [4.69, 9.17) is 0 Å². The van der Waals surface area contributed by atoms with Gasteiger partial charge in [-0.25, -0.2) is 4.98 Å². The maximum absolute atomic E-state index is 12.3. The zero-order valence-corrected chi connectivity index (χ0v) is 15.2. The Bertz CT molecular complexity index is 835. The van der Waals surface area contributed by atoms with E-state index in [-0.39, 0.29) is 23.9 Å². The number of aromatic nitrogens is 2. The van der Waals surface area contributed by atoms with Gasteiger partial charge in [-0.1, -0.05) is 27.7 Å². The number of carbonyl (C=O) groups is 1. The zero-order valence-electron chi connectivity index (χ0n) is 12.8. The van der Waals surface area contributed by atoms with E-state index in [1.165, 1.54) is 17.8 Å². The molecule has 0 bridgehead atoms. The quantitative estimate of drug-likeness (QED) is 0.812. The minimum Gasteiger partial charge on any atom is -0.326 e. The van der Waals surface area contributed by atoms with Gasteiger partial charge < -0.3 is 5.32 Å². The van der Waals surface area contributed by atoms with Gasteiger partial charge in [0.2, 0.25) is 5.91 Å². The van der Waals surface area contributed by atoms with Gasteiger partial charge in [0.25, 0.3) is 5.56 Å². The maximum atomic E-state index is 12.3. The number of rotatable bonds is 3. The molecule has 3 rings (SSSR count). The molecule has 0 fully saturated rings. The van der Waals surface area contributed by atoms with Crippen molar-refractivity contribution in [3.05, 3.63) is 50.3 Å². The van der Waals surface area contributed by atoms with Crippen molar-refractivity contribution in [2.45, 2.75) is 31.5 Å². The first-order valence-corrected chi connectivity index (χ1v) is 9.01. The summed E-state index contributed by atoms with van der Waals surface area (Å²) in [5.41, 5.74) is 2.40. The maximum Gasteiger partial charge on any atom is 0.254 e. The Hall–Kier alpha value is -1.60. The molecule has 1 amide bonds. The molecule has 1 aliphatic heterocycles. The molecule has 1 atom stereocenters. The normalized spacial score (nSPS) is 16.2. The lowest BCUT2D eigenvalue weighted by atomic mass is 10.1. The number of benzene rings is 1. The summed E-state index contributed by atoms with van der Waals surface area (Å²) < 4.78 is 2.60. The number of hydrogen-bond acceptors (Lipinski definition) is 4. The van der Waals surface area contributed by atoms with E-state index >= 15 is 0 Å². The van der Waals surface area contributed by atoms with Gasteiger partial charge in [-0.15, -0.1) is 0 Å². The lowest BCUT2D eigenvalue weighted by Crippen LogP contribution is -2.27. The van der Waals surface area contributed by atoms with Gasteiger partial charge >= 0.3 is 0 Å². The Labute approximate surface area is 146 Å². The predicted octanol–water partition coefficient (Wildman–Crippen LogP) is 3.30. The van der Waals surface area contributed by atoms with Gasteiger partial charge in [-0.05, 0) is 37.6 Å². The molecule has 120 valence electrons. The van der Waals surface area contributed by atoms with Crippen molar-refractivity contribution < 1.29 is 4.79 Å². The van der Waals surface area contributed by atoms with Crippen molar-refractivity contribution in [2.75, 3.05) is 11.1 Å². The average Bonchev–Trinajstić information content (AvgIpc) is 2.85. The molecule has 1 unspecified atom stereocenters. The monoisotopic (exact) mass is 393 g/mol. The van der Waals surface area contributed by atoms with Crippen LogP contribution in [0.4, 0.5) is 5.69 Å². The summed E-state index contributed by atoms with van der Waals surface area (Å²) in [5, 5.41) is 3.62. The highest BCUT2D eigenvalue weighted by Crippen LogP contribution is 2.32. The average molecular weight is 394 g/mol. The molecule has 0 radical (unpaired) electrons. The summed E-state index contributed by atoms with van der Waals surface area (Å²) in [6.45, 7) is 3.75. The summed E-state index contributed by atoms with van der Waals surface area (Å²) in [5.74, 6) is 0.597. The number of hydrogen-bond donors (Lipinski definition) is 1. The fraction of sp³-hybridized carbons (Fsp3) is 0.312. The van der Waals surface area contributed by atoms with E-state index in [1.54, 1.807) is 11.5 Å².